The first kappa shape index (κ1) is 23.0. The first-order valence-corrected chi connectivity index (χ1v) is 9.92. The van der Waals surface area contributed by atoms with Crippen molar-refractivity contribution < 1.29 is 14.6 Å². The average molecular weight is 422 g/mol. The van der Waals surface area contributed by atoms with Gasteiger partial charge in [-0.05, 0) is 59.4 Å². The molecular weight excluding hydrogens is 398 g/mol. The molecule has 4 nitrogen and oxygen atoms in total. The van der Waals surface area contributed by atoms with Crippen molar-refractivity contribution in [3.05, 3.63) is 94.0 Å². The Morgan fingerprint density at radius 2 is 1.70 bits per heavy atom. The van der Waals surface area contributed by atoms with Crippen LogP contribution in [0.2, 0.25) is 5.02 Å². The largest absolute Gasteiger partial charge is 0.481 e. The molecule has 0 amide bonds. The van der Waals surface area contributed by atoms with E-state index in [9.17, 15) is 5.26 Å². The summed E-state index contributed by atoms with van der Waals surface area (Å²) in [4.78, 5) is 9.00. The van der Waals surface area contributed by atoms with Gasteiger partial charge in [0.05, 0.1) is 10.6 Å². The summed E-state index contributed by atoms with van der Waals surface area (Å²) in [7, 11) is 0. The third-order valence-corrected chi connectivity index (χ3v) is 4.61. The lowest BCUT2D eigenvalue weighted by Gasteiger charge is -2.16. The number of aliphatic carboxylic acids is 1. The molecule has 0 unspecified atom stereocenters. The molecule has 0 bridgehead atoms. The zero-order valence-corrected chi connectivity index (χ0v) is 18.0. The van der Waals surface area contributed by atoms with Gasteiger partial charge in [0, 0.05) is 6.92 Å². The second-order valence-corrected chi connectivity index (χ2v) is 7.42. The van der Waals surface area contributed by atoms with Crippen molar-refractivity contribution >= 4 is 17.6 Å². The first-order chi connectivity index (χ1) is 14.3. The molecule has 5 heteroatoms. The van der Waals surface area contributed by atoms with Gasteiger partial charge in [-0.25, -0.2) is 0 Å². The summed E-state index contributed by atoms with van der Waals surface area (Å²) in [6.07, 6.45) is 0.642. The summed E-state index contributed by atoms with van der Waals surface area (Å²) < 4.78 is 5.92. The van der Waals surface area contributed by atoms with Crippen LogP contribution in [0.1, 0.15) is 48.9 Å². The molecule has 0 heterocycles. The van der Waals surface area contributed by atoms with Gasteiger partial charge in [-0.15, -0.1) is 0 Å². The maximum absolute atomic E-state index is 9.57. The standard InChI is InChI=1S/C23H20ClNO.C2H4O2/c1-16(2)20-11-12-23(24)22(15-25)21(20)14-17-7-6-10-19(13-17)26-18-8-4-3-5-9-18;1-2(3)4/h3-13,16H,14H2,1-2H3;1H3,(H,3,4). The van der Waals surface area contributed by atoms with E-state index in [0.29, 0.717) is 22.9 Å². The van der Waals surface area contributed by atoms with Gasteiger partial charge in [0.15, 0.2) is 0 Å². The van der Waals surface area contributed by atoms with Crippen molar-refractivity contribution in [2.75, 3.05) is 0 Å². The minimum Gasteiger partial charge on any atom is -0.481 e. The molecule has 0 fully saturated rings. The van der Waals surface area contributed by atoms with Crippen LogP contribution in [0.5, 0.6) is 11.5 Å². The van der Waals surface area contributed by atoms with Crippen LogP contribution < -0.4 is 4.74 Å². The van der Waals surface area contributed by atoms with E-state index in [1.165, 1.54) is 0 Å². The van der Waals surface area contributed by atoms with E-state index in [1.54, 1.807) is 0 Å². The predicted molar refractivity (Wildman–Crippen MR) is 119 cm³/mol. The number of carbonyl (C=O) groups is 1. The summed E-state index contributed by atoms with van der Waals surface area (Å²) in [5, 5.41) is 17.5. The van der Waals surface area contributed by atoms with Crippen molar-refractivity contribution in [1.29, 1.82) is 5.26 Å². The minimum absolute atomic E-state index is 0.318. The van der Waals surface area contributed by atoms with Gasteiger partial charge in [0.1, 0.15) is 17.6 Å². The third-order valence-electron chi connectivity index (χ3n) is 4.29. The van der Waals surface area contributed by atoms with Crippen LogP contribution in [0.15, 0.2) is 66.7 Å². The highest BCUT2D eigenvalue weighted by molar-refractivity contribution is 6.31. The van der Waals surface area contributed by atoms with Gasteiger partial charge in [-0.1, -0.05) is 61.8 Å². The SMILES string of the molecule is CC(=O)O.CC(C)c1ccc(Cl)c(C#N)c1Cc1cccc(Oc2ccccc2)c1. The summed E-state index contributed by atoms with van der Waals surface area (Å²) in [5.74, 6) is 1.06. The zero-order valence-electron chi connectivity index (χ0n) is 17.2. The molecule has 3 aromatic rings. The number of ether oxygens (including phenoxy) is 1. The molecule has 0 saturated heterocycles. The fourth-order valence-electron chi connectivity index (χ4n) is 3.04. The van der Waals surface area contributed by atoms with E-state index >= 15 is 0 Å². The van der Waals surface area contributed by atoms with Gasteiger partial charge in [-0.3, -0.25) is 4.79 Å². The molecule has 3 aromatic carbocycles. The Kier molecular flexibility index (Phi) is 8.46. The highest BCUT2D eigenvalue weighted by atomic mass is 35.5. The van der Waals surface area contributed by atoms with Crippen LogP contribution >= 0.6 is 11.6 Å². The van der Waals surface area contributed by atoms with Gasteiger partial charge < -0.3 is 9.84 Å². The predicted octanol–water partition coefficient (Wildman–Crippen LogP) is 6.81. The minimum atomic E-state index is -0.833. The maximum Gasteiger partial charge on any atom is 0.300 e. The molecule has 1 N–H and O–H groups in total. The number of para-hydroxylation sites is 1. The second kappa shape index (κ2) is 11.0. The lowest BCUT2D eigenvalue weighted by Crippen LogP contribution is -2.02. The number of carboxylic acids is 1. The molecule has 3 rings (SSSR count). The quantitative estimate of drug-likeness (QED) is 0.491. The summed E-state index contributed by atoms with van der Waals surface area (Å²) >= 11 is 6.26. The Balaban J connectivity index is 0.000000735. The Morgan fingerprint density at radius 3 is 2.30 bits per heavy atom. The van der Waals surface area contributed by atoms with Crippen LogP contribution in [-0.4, -0.2) is 11.1 Å². The van der Waals surface area contributed by atoms with Gasteiger partial charge in [-0.2, -0.15) is 5.26 Å². The summed E-state index contributed by atoms with van der Waals surface area (Å²) in [5.41, 5.74) is 3.79. The molecule has 0 aliphatic carbocycles. The Bertz CT molecular complexity index is 1040. The molecule has 0 aliphatic rings. The van der Waals surface area contributed by atoms with E-state index in [4.69, 9.17) is 26.2 Å². The van der Waals surface area contributed by atoms with Gasteiger partial charge >= 0.3 is 0 Å². The fourth-order valence-corrected chi connectivity index (χ4v) is 3.25. The average Bonchev–Trinajstić information content (AvgIpc) is 2.69. The highest BCUT2D eigenvalue weighted by Gasteiger charge is 2.15. The topological polar surface area (TPSA) is 70.3 Å². The fraction of sp³-hybridized carbons (Fsp3) is 0.200. The van der Waals surface area contributed by atoms with Crippen molar-refractivity contribution in [3.63, 3.8) is 0 Å². The van der Waals surface area contributed by atoms with E-state index in [1.807, 2.05) is 66.7 Å². The smallest absolute Gasteiger partial charge is 0.300 e. The number of nitrogens with zero attached hydrogens (tertiary/aromatic N) is 1. The highest BCUT2D eigenvalue weighted by Crippen LogP contribution is 2.31. The number of hydrogen-bond acceptors (Lipinski definition) is 3. The van der Waals surface area contributed by atoms with Crippen molar-refractivity contribution in [3.8, 4) is 17.6 Å². The van der Waals surface area contributed by atoms with E-state index in [2.05, 4.69) is 19.9 Å². The molecule has 0 aromatic heterocycles. The van der Waals surface area contributed by atoms with Crippen LogP contribution in [-0.2, 0) is 11.2 Å². The van der Waals surface area contributed by atoms with Crippen molar-refractivity contribution in [1.82, 2.24) is 0 Å². The number of hydrogen-bond donors (Lipinski definition) is 1. The first-order valence-electron chi connectivity index (χ1n) is 9.54. The van der Waals surface area contributed by atoms with E-state index in [0.717, 1.165) is 35.1 Å². The summed E-state index contributed by atoms with van der Waals surface area (Å²) in [6, 6.07) is 23.8. The number of rotatable bonds is 5. The molecule has 0 atom stereocenters. The number of benzene rings is 3. The zero-order chi connectivity index (χ0) is 22.1. The Hall–Kier alpha value is -3.29. The van der Waals surface area contributed by atoms with Crippen molar-refractivity contribution in [2.45, 2.75) is 33.1 Å². The van der Waals surface area contributed by atoms with Crippen molar-refractivity contribution in [2.24, 2.45) is 0 Å². The monoisotopic (exact) mass is 421 g/mol. The van der Waals surface area contributed by atoms with E-state index in [-0.39, 0.29) is 0 Å². The maximum atomic E-state index is 9.57. The van der Waals surface area contributed by atoms with Crippen LogP contribution in [0.25, 0.3) is 0 Å². The Labute approximate surface area is 182 Å². The number of carboxylic acid groups (broad SMARTS) is 1. The number of nitriles is 1. The molecule has 0 aliphatic heterocycles. The van der Waals surface area contributed by atoms with Crippen LogP contribution in [0.4, 0.5) is 0 Å². The normalized spacial score (nSPS) is 10.0. The molecular formula is C25H24ClNO3. The van der Waals surface area contributed by atoms with Gasteiger partial charge in [0.2, 0.25) is 0 Å². The molecule has 0 radical (unpaired) electrons. The van der Waals surface area contributed by atoms with Crippen LogP contribution in [0, 0.1) is 11.3 Å². The lowest BCUT2D eigenvalue weighted by molar-refractivity contribution is -0.134. The second-order valence-electron chi connectivity index (χ2n) is 7.01. The van der Waals surface area contributed by atoms with Gasteiger partial charge in [0.25, 0.3) is 5.97 Å². The molecule has 0 saturated carbocycles. The molecule has 30 heavy (non-hydrogen) atoms. The Morgan fingerprint density at radius 1 is 1.07 bits per heavy atom. The summed E-state index contributed by atoms with van der Waals surface area (Å²) in [6.45, 7) is 5.34. The third kappa shape index (κ3) is 6.65. The van der Waals surface area contributed by atoms with Crippen LogP contribution in [0.3, 0.4) is 0 Å². The molecule has 0 spiro atoms. The van der Waals surface area contributed by atoms with E-state index < -0.39 is 5.97 Å². The molecule has 154 valence electrons. The lowest BCUT2D eigenvalue weighted by atomic mass is 9.89. The number of halogens is 1.